The van der Waals surface area contributed by atoms with E-state index in [0.717, 1.165) is 5.56 Å². The molecule has 2 rings (SSSR count). The van der Waals surface area contributed by atoms with E-state index in [-0.39, 0.29) is 30.0 Å². The van der Waals surface area contributed by atoms with Gasteiger partial charge in [0.2, 0.25) is 0 Å². The molecular weight excluding hydrogens is 463 g/mol. The van der Waals surface area contributed by atoms with Gasteiger partial charge < -0.3 is 25.4 Å². The number of thiophene rings is 1. The fourth-order valence-electron chi connectivity index (χ4n) is 2.43. The van der Waals surface area contributed by atoms with Crippen LogP contribution in [0.4, 0.5) is 0 Å². The van der Waals surface area contributed by atoms with Gasteiger partial charge in [-0.3, -0.25) is 0 Å². The molecule has 0 aliphatic heterocycles. The van der Waals surface area contributed by atoms with Crippen LogP contribution in [0.2, 0.25) is 0 Å². The summed E-state index contributed by atoms with van der Waals surface area (Å²) in [5, 5.41) is 5.29. The Labute approximate surface area is 176 Å². The first-order valence-corrected chi connectivity index (χ1v) is 8.87. The van der Waals surface area contributed by atoms with E-state index >= 15 is 0 Å². The first kappa shape index (κ1) is 22.5. The van der Waals surface area contributed by atoms with Gasteiger partial charge in [0, 0.05) is 11.4 Å². The third-order valence-electron chi connectivity index (χ3n) is 3.85. The molecule has 0 fully saturated rings. The highest BCUT2D eigenvalue weighted by Gasteiger charge is 2.15. The van der Waals surface area contributed by atoms with Crippen molar-refractivity contribution in [2.75, 3.05) is 34.9 Å². The number of methoxy groups -OCH3 is 2. The molecular formula is C18H27IN4O2S. The topological polar surface area (TPSA) is 72.1 Å². The number of likely N-dealkylation sites (N-methyl/N-ethyl adjacent to an activating group) is 1. The van der Waals surface area contributed by atoms with Crippen molar-refractivity contribution in [3.63, 3.8) is 0 Å². The lowest BCUT2D eigenvalue weighted by Gasteiger charge is -2.23. The summed E-state index contributed by atoms with van der Waals surface area (Å²) in [7, 11) is 7.35. The van der Waals surface area contributed by atoms with E-state index in [2.05, 4.69) is 46.8 Å². The number of benzene rings is 1. The monoisotopic (exact) mass is 490 g/mol. The number of aliphatic imine (C=N–C) groups is 1. The Kier molecular flexibility index (Phi) is 9.74. The second-order valence-corrected chi connectivity index (χ2v) is 6.75. The molecule has 0 bridgehead atoms. The molecule has 6 nitrogen and oxygen atoms in total. The lowest BCUT2D eigenvalue weighted by molar-refractivity contribution is 0.303. The third-order valence-corrected chi connectivity index (χ3v) is 4.82. The molecule has 0 spiro atoms. The van der Waals surface area contributed by atoms with Crippen LogP contribution in [0.15, 0.2) is 40.7 Å². The van der Waals surface area contributed by atoms with Crippen LogP contribution in [0.25, 0.3) is 0 Å². The number of nitrogens with two attached hydrogens (primary N) is 1. The minimum absolute atomic E-state index is 0. The lowest BCUT2D eigenvalue weighted by atomic mass is 10.2. The molecule has 0 aliphatic rings. The average Bonchev–Trinajstić information content (AvgIpc) is 3.13. The average molecular weight is 490 g/mol. The number of ether oxygens (including phenoxy) is 2. The zero-order valence-corrected chi connectivity index (χ0v) is 18.7. The van der Waals surface area contributed by atoms with Crippen molar-refractivity contribution in [3.8, 4) is 11.5 Å². The molecule has 1 heterocycles. The molecule has 8 heteroatoms. The molecule has 1 aromatic heterocycles. The van der Waals surface area contributed by atoms with Crippen LogP contribution in [0.3, 0.4) is 0 Å². The predicted octanol–water partition coefficient (Wildman–Crippen LogP) is 3.09. The van der Waals surface area contributed by atoms with Gasteiger partial charge >= 0.3 is 0 Å². The molecule has 1 atom stereocenters. The van der Waals surface area contributed by atoms with E-state index in [9.17, 15) is 0 Å². The zero-order valence-electron chi connectivity index (χ0n) is 15.6. The van der Waals surface area contributed by atoms with Crippen LogP contribution in [-0.4, -0.2) is 45.7 Å². The smallest absolute Gasteiger partial charge is 0.188 e. The molecule has 0 saturated heterocycles. The summed E-state index contributed by atoms with van der Waals surface area (Å²) in [6.45, 7) is 1.18. The number of nitrogens with zero attached hydrogens (tertiary/aromatic N) is 2. The standard InChI is InChI=1S/C18H26N4O2S.HI/c1-22(2)14(17-6-5-9-25-17)12-21-18(19)20-11-13-7-8-15(23-3)16(10-13)24-4;/h5-10,14H,11-12H2,1-4H3,(H3,19,20,21);1H. The molecule has 26 heavy (non-hydrogen) atoms. The van der Waals surface area contributed by atoms with Crippen LogP contribution >= 0.6 is 35.3 Å². The molecule has 3 N–H and O–H groups in total. The van der Waals surface area contributed by atoms with Crippen molar-refractivity contribution < 1.29 is 9.47 Å². The predicted molar refractivity (Wildman–Crippen MR) is 119 cm³/mol. The van der Waals surface area contributed by atoms with Crippen molar-refractivity contribution >= 4 is 41.3 Å². The maximum Gasteiger partial charge on any atom is 0.188 e. The molecule has 0 radical (unpaired) electrons. The van der Waals surface area contributed by atoms with Crippen LogP contribution in [0.1, 0.15) is 16.5 Å². The van der Waals surface area contributed by atoms with E-state index in [4.69, 9.17) is 15.2 Å². The number of halogens is 1. The van der Waals surface area contributed by atoms with Gasteiger partial charge in [-0.05, 0) is 43.2 Å². The molecule has 2 aromatic rings. The molecule has 0 saturated carbocycles. The van der Waals surface area contributed by atoms with Gasteiger partial charge in [0.15, 0.2) is 17.5 Å². The number of hydrogen-bond acceptors (Lipinski definition) is 5. The summed E-state index contributed by atoms with van der Waals surface area (Å²) >= 11 is 1.74. The van der Waals surface area contributed by atoms with Crippen molar-refractivity contribution in [2.24, 2.45) is 10.7 Å². The molecule has 0 aliphatic carbocycles. The summed E-state index contributed by atoms with van der Waals surface area (Å²) in [6.07, 6.45) is 0. The van der Waals surface area contributed by atoms with Crippen molar-refractivity contribution in [1.29, 1.82) is 0 Å². The Morgan fingerprint density at radius 1 is 1.23 bits per heavy atom. The minimum atomic E-state index is 0. The van der Waals surface area contributed by atoms with Crippen LogP contribution in [0, 0.1) is 0 Å². The summed E-state index contributed by atoms with van der Waals surface area (Å²) in [5.41, 5.74) is 7.02. The van der Waals surface area contributed by atoms with Crippen LogP contribution in [0.5, 0.6) is 11.5 Å². The molecule has 1 aromatic carbocycles. The third kappa shape index (κ3) is 6.33. The summed E-state index contributed by atoms with van der Waals surface area (Å²) in [4.78, 5) is 7.87. The highest BCUT2D eigenvalue weighted by Crippen LogP contribution is 2.27. The number of rotatable bonds is 8. The first-order chi connectivity index (χ1) is 12.0. The van der Waals surface area contributed by atoms with Crippen molar-refractivity contribution in [3.05, 3.63) is 46.2 Å². The Morgan fingerprint density at radius 3 is 2.54 bits per heavy atom. The van der Waals surface area contributed by atoms with E-state index in [1.165, 1.54) is 4.88 Å². The number of hydrogen-bond donors (Lipinski definition) is 2. The van der Waals surface area contributed by atoms with Crippen molar-refractivity contribution in [2.45, 2.75) is 12.6 Å². The Morgan fingerprint density at radius 2 is 1.96 bits per heavy atom. The van der Waals surface area contributed by atoms with Crippen molar-refractivity contribution in [1.82, 2.24) is 10.2 Å². The van der Waals surface area contributed by atoms with Gasteiger partial charge in [0.05, 0.1) is 26.8 Å². The summed E-state index contributed by atoms with van der Waals surface area (Å²) in [5.74, 6) is 1.82. The lowest BCUT2D eigenvalue weighted by Crippen LogP contribution is -2.38. The summed E-state index contributed by atoms with van der Waals surface area (Å²) < 4.78 is 10.5. The molecule has 144 valence electrons. The first-order valence-electron chi connectivity index (χ1n) is 7.99. The fraction of sp³-hybridized carbons (Fsp3) is 0.389. The SMILES string of the molecule is COc1ccc(CN=C(N)NCC(c2cccs2)N(C)C)cc1OC.I. The number of guanidine groups is 1. The number of nitrogens with one attached hydrogen (secondary N) is 1. The highest BCUT2D eigenvalue weighted by atomic mass is 127. The van der Waals surface area contributed by atoms with Gasteiger partial charge in [-0.1, -0.05) is 12.1 Å². The van der Waals surface area contributed by atoms with E-state index in [1.54, 1.807) is 25.6 Å². The van der Waals surface area contributed by atoms with E-state index in [1.807, 2.05) is 18.2 Å². The van der Waals surface area contributed by atoms with Gasteiger partial charge in [-0.2, -0.15) is 0 Å². The maximum atomic E-state index is 6.02. The van der Waals surface area contributed by atoms with Gasteiger partial charge in [-0.15, -0.1) is 35.3 Å². The minimum Gasteiger partial charge on any atom is -0.493 e. The maximum absolute atomic E-state index is 6.02. The highest BCUT2D eigenvalue weighted by molar-refractivity contribution is 14.0. The normalized spacial score (nSPS) is 12.4. The van der Waals surface area contributed by atoms with Gasteiger partial charge in [0.25, 0.3) is 0 Å². The summed E-state index contributed by atoms with van der Waals surface area (Å²) in [6, 6.07) is 10.2. The van der Waals surface area contributed by atoms with E-state index in [0.29, 0.717) is 30.5 Å². The van der Waals surface area contributed by atoms with Crippen LogP contribution in [-0.2, 0) is 6.54 Å². The van der Waals surface area contributed by atoms with E-state index < -0.39 is 0 Å². The second kappa shape index (κ2) is 11.2. The molecule has 0 amide bonds. The Balaban J connectivity index is 0.00000338. The second-order valence-electron chi connectivity index (χ2n) is 5.77. The van der Waals surface area contributed by atoms with Gasteiger partial charge in [0.1, 0.15) is 0 Å². The zero-order chi connectivity index (χ0) is 18.2. The molecule has 1 unspecified atom stereocenters. The fourth-order valence-corrected chi connectivity index (χ4v) is 3.35. The van der Waals surface area contributed by atoms with Gasteiger partial charge in [-0.25, -0.2) is 4.99 Å². The quantitative estimate of drug-likeness (QED) is 0.338. The van der Waals surface area contributed by atoms with Crippen LogP contribution < -0.4 is 20.5 Å². The largest absolute Gasteiger partial charge is 0.493 e. The Hall–Kier alpha value is -1.52. The Bertz CT molecular complexity index is 693.